The van der Waals surface area contributed by atoms with Crippen LogP contribution in [0, 0.1) is 6.92 Å². The fourth-order valence-corrected chi connectivity index (χ4v) is 5.16. The summed E-state index contributed by atoms with van der Waals surface area (Å²) in [4.78, 5) is 30.5. The number of fused-ring (bicyclic) bond motifs is 1. The van der Waals surface area contributed by atoms with Gasteiger partial charge in [0.05, 0.1) is 17.9 Å². The van der Waals surface area contributed by atoms with Crippen LogP contribution in [0.2, 0.25) is 0 Å². The van der Waals surface area contributed by atoms with Crippen molar-refractivity contribution in [2.45, 2.75) is 31.5 Å². The second-order valence-electron chi connectivity index (χ2n) is 7.20. The minimum Gasteiger partial charge on any atom is -0.462 e. The van der Waals surface area contributed by atoms with Crippen molar-refractivity contribution < 1.29 is 14.3 Å². The van der Waals surface area contributed by atoms with Crippen molar-refractivity contribution in [3.63, 3.8) is 0 Å². The lowest BCUT2D eigenvalue weighted by Crippen LogP contribution is -2.42. The Kier molecular flexibility index (Phi) is 6.34. The number of nitrogens with zero attached hydrogens (tertiary/aromatic N) is 1. The second kappa shape index (κ2) is 9.16. The first kappa shape index (κ1) is 21.5. The molecular weight excluding hydrogens is 428 g/mol. The van der Waals surface area contributed by atoms with E-state index < -0.39 is 12.1 Å². The summed E-state index contributed by atoms with van der Waals surface area (Å²) in [5.74, 6) is -0.481. The Bertz CT molecular complexity index is 1090. The first-order valence-corrected chi connectivity index (χ1v) is 12.1. The number of rotatable bonds is 6. The average molecular weight is 453 g/mol. The molecule has 1 atom stereocenters. The summed E-state index contributed by atoms with van der Waals surface area (Å²) in [6.45, 7) is 4.41. The number of benzene rings is 2. The molecule has 3 aromatic rings. The molecule has 0 saturated heterocycles. The van der Waals surface area contributed by atoms with Crippen molar-refractivity contribution in [3.8, 4) is 0 Å². The molecule has 1 aliphatic rings. The standard InChI is InChI=1S/C24H24N2O3S2/c1-4-29-24(28)21-20-19(15(2)31-21)23(27)26(14-16-8-6-5-7-9-16)22(25-20)17-10-12-18(30-3)13-11-17/h5-13,22,25H,4,14H2,1-3H3/t22-/m0/s1. The number of thiophene rings is 1. The largest absolute Gasteiger partial charge is 0.462 e. The van der Waals surface area contributed by atoms with E-state index in [4.69, 9.17) is 4.74 Å². The highest BCUT2D eigenvalue weighted by Gasteiger charge is 2.38. The third kappa shape index (κ3) is 4.20. The molecule has 160 valence electrons. The highest BCUT2D eigenvalue weighted by atomic mass is 32.2. The molecule has 2 aromatic carbocycles. The Labute approximate surface area is 190 Å². The Morgan fingerprint density at radius 3 is 2.52 bits per heavy atom. The quantitative estimate of drug-likeness (QED) is 0.383. The summed E-state index contributed by atoms with van der Waals surface area (Å²) in [6.07, 6.45) is 1.64. The van der Waals surface area contributed by atoms with Gasteiger partial charge in [-0.05, 0) is 43.4 Å². The minimum absolute atomic E-state index is 0.0826. The van der Waals surface area contributed by atoms with Gasteiger partial charge in [0, 0.05) is 16.3 Å². The molecule has 1 amide bonds. The lowest BCUT2D eigenvalue weighted by atomic mass is 10.0. The molecule has 31 heavy (non-hydrogen) atoms. The third-order valence-corrected chi connectivity index (χ3v) is 7.07. The summed E-state index contributed by atoms with van der Waals surface area (Å²) in [6, 6.07) is 18.1. The van der Waals surface area contributed by atoms with Gasteiger partial charge in [-0.25, -0.2) is 4.79 Å². The van der Waals surface area contributed by atoms with E-state index >= 15 is 0 Å². The first-order valence-electron chi connectivity index (χ1n) is 10.1. The van der Waals surface area contributed by atoms with Crippen molar-refractivity contribution in [3.05, 3.63) is 81.0 Å². The van der Waals surface area contributed by atoms with Crippen molar-refractivity contribution in [1.82, 2.24) is 4.90 Å². The van der Waals surface area contributed by atoms with Crippen LogP contribution in [0.15, 0.2) is 59.5 Å². The smallest absolute Gasteiger partial charge is 0.350 e. The number of carbonyl (C=O) groups is 2. The first-order chi connectivity index (χ1) is 15.0. The van der Waals surface area contributed by atoms with Crippen LogP contribution < -0.4 is 5.32 Å². The number of hydrogen-bond donors (Lipinski definition) is 1. The minimum atomic E-state index is -0.398. The van der Waals surface area contributed by atoms with Gasteiger partial charge in [-0.15, -0.1) is 23.1 Å². The number of esters is 1. The monoisotopic (exact) mass is 452 g/mol. The fraction of sp³-hybridized carbons (Fsp3) is 0.250. The van der Waals surface area contributed by atoms with E-state index in [1.165, 1.54) is 11.3 Å². The highest BCUT2D eigenvalue weighted by Crippen LogP contribution is 2.42. The summed E-state index contributed by atoms with van der Waals surface area (Å²) < 4.78 is 5.24. The summed E-state index contributed by atoms with van der Waals surface area (Å²) in [5.41, 5.74) is 3.15. The molecule has 1 aliphatic heterocycles. The van der Waals surface area contributed by atoms with Crippen LogP contribution >= 0.6 is 23.1 Å². The lowest BCUT2D eigenvalue weighted by molar-refractivity contribution is 0.0532. The topological polar surface area (TPSA) is 58.6 Å². The maximum Gasteiger partial charge on any atom is 0.350 e. The summed E-state index contributed by atoms with van der Waals surface area (Å²) in [5, 5.41) is 3.49. The van der Waals surface area contributed by atoms with Crippen LogP contribution in [0.25, 0.3) is 0 Å². The van der Waals surface area contributed by atoms with Crippen LogP contribution in [0.4, 0.5) is 5.69 Å². The van der Waals surface area contributed by atoms with Gasteiger partial charge in [0.2, 0.25) is 0 Å². The van der Waals surface area contributed by atoms with E-state index in [0.717, 1.165) is 20.9 Å². The van der Waals surface area contributed by atoms with E-state index in [1.54, 1.807) is 18.7 Å². The molecule has 0 spiro atoms. The summed E-state index contributed by atoms with van der Waals surface area (Å²) in [7, 11) is 0. The molecular formula is C24H24N2O3S2. The SMILES string of the molecule is CCOC(=O)c1sc(C)c2c1N[C@H](c1ccc(SC)cc1)N(Cc1ccccc1)C2=O. The lowest BCUT2D eigenvalue weighted by Gasteiger charge is -2.38. The third-order valence-electron chi connectivity index (χ3n) is 5.24. The molecule has 0 bridgehead atoms. The van der Waals surface area contributed by atoms with Crippen molar-refractivity contribution >= 4 is 40.7 Å². The summed E-state index contributed by atoms with van der Waals surface area (Å²) >= 11 is 2.98. The Hall–Kier alpha value is -2.77. The maximum atomic E-state index is 13.7. The van der Waals surface area contributed by atoms with Gasteiger partial charge in [0.15, 0.2) is 0 Å². The molecule has 1 N–H and O–H groups in total. The highest BCUT2D eigenvalue weighted by molar-refractivity contribution is 7.98. The van der Waals surface area contributed by atoms with Gasteiger partial charge in [-0.3, -0.25) is 4.79 Å². The number of ether oxygens (including phenoxy) is 1. The molecule has 1 aromatic heterocycles. The van der Waals surface area contributed by atoms with E-state index in [9.17, 15) is 9.59 Å². The molecule has 5 nitrogen and oxygen atoms in total. The van der Waals surface area contributed by atoms with Gasteiger partial charge < -0.3 is 15.0 Å². The zero-order valence-electron chi connectivity index (χ0n) is 17.7. The van der Waals surface area contributed by atoms with Gasteiger partial charge in [0.25, 0.3) is 5.91 Å². The number of thioether (sulfide) groups is 1. The maximum absolute atomic E-state index is 13.7. The fourth-order valence-electron chi connectivity index (χ4n) is 3.75. The van der Waals surface area contributed by atoms with Crippen LogP contribution in [-0.4, -0.2) is 29.6 Å². The van der Waals surface area contributed by atoms with Crippen molar-refractivity contribution in [1.29, 1.82) is 0 Å². The van der Waals surface area contributed by atoms with Gasteiger partial charge >= 0.3 is 5.97 Å². The molecule has 0 aliphatic carbocycles. The average Bonchev–Trinajstić information content (AvgIpc) is 3.13. The Balaban J connectivity index is 1.79. The Morgan fingerprint density at radius 1 is 1.16 bits per heavy atom. The van der Waals surface area contributed by atoms with Gasteiger partial charge in [-0.1, -0.05) is 42.5 Å². The normalized spacial score (nSPS) is 15.4. The molecule has 7 heteroatoms. The van der Waals surface area contributed by atoms with Crippen LogP contribution in [0.3, 0.4) is 0 Å². The number of anilines is 1. The molecule has 4 rings (SSSR count). The van der Waals surface area contributed by atoms with Crippen LogP contribution in [0.1, 0.15) is 49.1 Å². The zero-order chi connectivity index (χ0) is 22.0. The number of aryl methyl sites for hydroxylation is 1. The van der Waals surface area contributed by atoms with E-state index in [-0.39, 0.29) is 12.5 Å². The van der Waals surface area contributed by atoms with E-state index in [0.29, 0.717) is 22.7 Å². The number of amides is 1. The van der Waals surface area contributed by atoms with Crippen molar-refractivity contribution in [2.75, 3.05) is 18.2 Å². The van der Waals surface area contributed by atoms with E-state index in [1.807, 2.05) is 72.7 Å². The molecule has 0 saturated carbocycles. The molecule has 0 radical (unpaired) electrons. The van der Waals surface area contributed by atoms with Crippen molar-refractivity contribution in [2.24, 2.45) is 0 Å². The zero-order valence-corrected chi connectivity index (χ0v) is 19.3. The van der Waals surface area contributed by atoms with Gasteiger partial charge in [0.1, 0.15) is 11.0 Å². The second-order valence-corrected chi connectivity index (χ2v) is 9.30. The Morgan fingerprint density at radius 2 is 1.87 bits per heavy atom. The van der Waals surface area contributed by atoms with Crippen LogP contribution in [-0.2, 0) is 11.3 Å². The molecule has 2 heterocycles. The van der Waals surface area contributed by atoms with Gasteiger partial charge in [-0.2, -0.15) is 0 Å². The van der Waals surface area contributed by atoms with E-state index in [2.05, 4.69) is 5.32 Å². The molecule has 0 unspecified atom stereocenters. The number of nitrogens with one attached hydrogen (secondary N) is 1. The predicted octanol–water partition coefficient (Wildman–Crippen LogP) is 5.72. The number of hydrogen-bond acceptors (Lipinski definition) is 6. The molecule has 0 fully saturated rings. The van der Waals surface area contributed by atoms with Crippen LogP contribution in [0.5, 0.6) is 0 Å². The number of carbonyl (C=O) groups excluding carboxylic acids is 2. The predicted molar refractivity (Wildman–Crippen MR) is 126 cm³/mol.